The minimum Gasteiger partial charge on any atom is -0.459 e. The van der Waals surface area contributed by atoms with Gasteiger partial charge in [-0.3, -0.25) is 14.4 Å². The SMILES string of the molecule is C[C@@H]1O[C@@H](O[C@H]2[C@H](OC3=C[C@@H]4C(=CC[C@@H]5[C@@]4(C)C(=O)C[C@]4(C)[C@@H]([C@@](C)(O)C(=O)CCC(C)(C)O)[C@H](O)C[C@@]54C)C(C)(C)C3=O)O[C@H](CO)[C@@H](O)[C@@H]2O)[C@H](O)[C@H](O)[C@H]1O. The van der Waals surface area contributed by atoms with Crippen molar-refractivity contribution in [2.45, 2.75) is 173 Å². The van der Waals surface area contributed by atoms with Crippen LogP contribution in [0.4, 0.5) is 0 Å². The van der Waals surface area contributed by atoms with Gasteiger partial charge in [-0.2, -0.15) is 0 Å². The van der Waals surface area contributed by atoms with Gasteiger partial charge in [0.25, 0.3) is 0 Å². The second-order valence-electron chi connectivity index (χ2n) is 19.9. The normalized spacial score (nSPS) is 47.6. The van der Waals surface area contributed by atoms with Gasteiger partial charge in [-0.25, -0.2) is 0 Å². The molecule has 0 spiro atoms. The van der Waals surface area contributed by atoms with E-state index in [0.717, 1.165) is 0 Å². The average Bonchev–Trinajstić information content (AvgIpc) is 3.34. The van der Waals surface area contributed by atoms with E-state index in [1.165, 1.54) is 19.9 Å². The van der Waals surface area contributed by atoms with Gasteiger partial charge in [0.15, 0.2) is 23.9 Å². The molecule has 9 N–H and O–H groups in total. The lowest BCUT2D eigenvalue weighted by Gasteiger charge is -2.63. The van der Waals surface area contributed by atoms with Crippen molar-refractivity contribution in [1.82, 2.24) is 0 Å². The van der Waals surface area contributed by atoms with Crippen molar-refractivity contribution < 1.29 is 79.3 Å². The number of allylic oxidation sites excluding steroid dienone is 4. The number of carbonyl (C=O) groups excluding carboxylic acids is 3. The molecule has 328 valence electrons. The molecule has 2 heterocycles. The molecule has 0 amide bonds. The van der Waals surface area contributed by atoms with Crippen LogP contribution >= 0.6 is 0 Å². The second kappa shape index (κ2) is 15.0. The Hall–Kier alpha value is -2.19. The second-order valence-corrected chi connectivity index (χ2v) is 19.9. The Kier molecular flexibility index (Phi) is 11.7. The number of aliphatic hydroxyl groups excluding tert-OH is 7. The number of ketones is 3. The number of Topliss-reactive ketones (excluding diaryl/α,β-unsaturated/α-hetero) is 3. The third-order valence-electron chi connectivity index (χ3n) is 15.3. The fourth-order valence-corrected chi connectivity index (χ4v) is 11.6. The summed E-state index contributed by atoms with van der Waals surface area (Å²) in [6.45, 7) is 14.3. The van der Waals surface area contributed by atoms with E-state index in [1.54, 1.807) is 27.7 Å². The largest absolute Gasteiger partial charge is 0.459 e. The van der Waals surface area contributed by atoms with E-state index >= 15 is 0 Å². The van der Waals surface area contributed by atoms with Crippen LogP contribution in [0.25, 0.3) is 0 Å². The van der Waals surface area contributed by atoms with E-state index in [0.29, 0.717) is 12.0 Å². The molecule has 2 saturated heterocycles. The van der Waals surface area contributed by atoms with Crippen LogP contribution < -0.4 is 0 Å². The lowest BCUT2D eigenvalue weighted by molar-refractivity contribution is -0.360. The summed E-state index contributed by atoms with van der Waals surface area (Å²) in [6, 6.07) is 0. The molecule has 4 fully saturated rings. The molecule has 0 radical (unpaired) electrons. The maximum absolute atomic E-state index is 15.0. The Morgan fingerprint density at radius 3 is 2.12 bits per heavy atom. The molecule has 16 nitrogen and oxygen atoms in total. The first-order chi connectivity index (χ1) is 26.6. The van der Waals surface area contributed by atoms with Gasteiger partial charge in [0, 0.05) is 30.1 Å². The van der Waals surface area contributed by atoms with E-state index in [4.69, 9.17) is 18.9 Å². The van der Waals surface area contributed by atoms with E-state index in [2.05, 4.69) is 0 Å². The number of rotatable bonds is 10. The Labute approximate surface area is 338 Å². The van der Waals surface area contributed by atoms with Crippen molar-refractivity contribution in [3.63, 3.8) is 0 Å². The van der Waals surface area contributed by atoms with Crippen molar-refractivity contribution >= 4 is 17.3 Å². The zero-order chi connectivity index (χ0) is 43.5. The van der Waals surface area contributed by atoms with Crippen LogP contribution in [-0.2, 0) is 33.3 Å². The number of aliphatic hydroxyl groups is 9. The smallest absolute Gasteiger partial charge is 0.229 e. The van der Waals surface area contributed by atoms with E-state index in [-0.39, 0.29) is 37.2 Å². The van der Waals surface area contributed by atoms with Crippen LogP contribution in [0.15, 0.2) is 23.5 Å². The van der Waals surface area contributed by atoms with Crippen molar-refractivity contribution in [2.24, 2.45) is 39.4 Å². The summed E-state index contributed by atoms with van der Waals surface area (Å²) >= 11 is 0. The summed E-state index contributed by atoms with van der Waals surface area (Å²) in [5, 5.41) is 97.4. The quantitative estimate of drug-likeness (QED) is 0.131. The van der Waals surface area contributed by atoms with Crippen molar-refractivity contribution in [3.05, 3.63) is 23.5 Å². The minimum atomic E-state index is -2.02. The van der Waals surface area contributed by atoms with Gasteiger partial charge in [-0.05, 0) is 83.6 Å². The molecule has 2 aliphatic heterocycles. The summed E-state index contributed by atoms with van der Waals surface area (Å²) in [4.78, 5) is 42.9. The van der Waals surface area contributed by atoms with Gasteiger partial charge in [-0.1, -0.05) is 32.4 Å². The topological polar surface area (TPSA) is 270 Å². The highest BCUT2D eigenvalue weighted by Gasteiger charge is 2.74. The molecule has 0 unspecified atom stereocenters. The summed E-state index contributed by atoms with van der Waals surface area (Å²) in [5.41, 5.74) is -6.77. The Balaban J connectivity index is 1.36. The molecule has 58 heavy (non-hydrogen) atoms. The summed E-state index contributed by atoms with van der Waals surface area (Å²) in [7, 11) is 0. The lowest BCUT2D eigenvalue weighted by Crippen LogP contribution is -2.65. The fourth-order valence-electron chi connectivity index (χ4n) is 11.6. The van der Waals surface area contributed by atoms with Crippen LogP contribution in [0.2, 0.25) is 0 Å². The van der Waals surface area contributed by atoms with Crippen molar-refractivity contribution in [3.8, 4) is 0 Å². The number of carbonyl (C=O) groups is 3. The molecule has 16 heteroatoms. The van der Waals surface area contributed by atoms with E-state index in [9.17, 15) is 60.3 Å². The summed E-state index contributed by atoms with van der Waals surface area (Å²) in [5.74, 6) is -3.67. The highest BCUT2D eigenvalue weighted by Crippen LogP contribution is 2.74. The van der Waals surface area contributed by atoms with Crippen LogP contribution in [0.5, 0.6) is 0 Å². The molecule has 4 aliphatic carbocycles. The Bertz CT molecular complexity index is 1700. The highest BCUT2D eigenvalue weighted by atomic mass is 16.8. The molecule has 0 bridgehead atoms. The predicted octanol–water partition coefficient (Wildman–Crippen LogP) is -0.0463. The molecular formula is C42H64O16. The zero-order valence-corrected chi connectivity index (χ0v) is 34.9. The maximum Gasteiger partial charge on any atom is 0.229 e. The fraction of sp³-hybridized carbons (Fsp3) is 0.833. The first kappa shape index (κ1) is 45.3. The van der Waals surface area contributed by atoms with Gasteiger partial charge in [-0.15, -0.1) is 0 Å². The lowest BCUT2D eigenvalue weighted by atomic mass is 9.39. The first-order valence-electron chi connectivity index (χ1n) is 20.4. The molecule has 6 rings (SSSR count). The van der Waals surface area contributed by atoms with Gasteiger partial charge in [0.2, 0.25) is 12.1 Å². The van der Waals surface area contributed by atoms with Gasteiger partial charge >= 0.3 is 0 Å². The molecule has 2 saturated carbocycles. The maximum atomic E-state index is 15.0. The molecule has 6 aliphatic rings. The van der Waals surface area contributed by atoms with Crippen LogP contribution in [0.1, 0.15) is 94.4 Å². The number of hydrogen-bond donors (Lipinski definition) is 9. The molecule has 0 aromatic carbocycles. The third-order valence-corrected chi connectivity index (χ3v) is 15.3. The van der Waals surface area contributed by atoms with Crippen molar-refractivity contribution in [1.29, 1.82) is 0 Å². The van der Waals surface area contributed by atoms with Crippen LogP contribution in [0, 0.1) is 39.4 Å². The monoisotopic (exact) mass is 824 g/mol. The van der Waals surface area contributed by atoms with E-state index in [1.807, 2.05) is 26.8 Å². The predicted molar refractivity (Wildman–Crippen MR) is 202 cm³/mol. The average molecular weight is 825 g/mol. The van der Waals surface area contributed by atoms with Gasteiger partial charge < -0.3 is 64.9 Å². The minimum absolute atomic E-state index is 0.0953. The summed E-state index contributed by atoms with van der Waals surface area (Å²) < 4.78 is 23.6. The molecule has 0 aromatic rings. The first-order valence-corrected chi connectivity index (χ1v) is 20.4. The number of ether oxygens (including phenoxy) is 4. The number of hydrogen-bond acceptors (Lipinski definition) is 16. The van der Waals surface area contributed by atoms with Crippen molar-refractivity contribution in [2.75, 3.05) is 6.61 Å². The van der Waals surface area contributed by atoms with Gasteiger partial charge in [0.1, 0.15) is 48.0 Å². The van der Waals surface area contributed by atoms with Crippen LogP contribution in [0.3, 0.4) is 0 Å². The zero-order valence-electron chi connectivity index (χ0n) is 34.9. The molecule has 18 atom stereocenters. The van der Waals surface area contributed by atoms with E-state index < -0.39 is 136 Å². The third kappa shape index (κ3) is 6.87. The van der Waals surface area contributed by atoms with Crippen LogP contribution in [-0.4, -0.2) is 149 Å². The molecule has 0 aromatic heterocycles. The van der Waals surface area contributed by atoms with Gasteiger partial charge in [0.05, 0.1) is 29.8 Å². The standard InChI is InChI=1S/C42H64O16/c1-18-27(47)29(49)31(51)35(55-18)58-32-30(50)28(48)23(17-43)57-36(32)56-22-14-20-19(38(4,5)34(22)52)10-11-24-39(6)15-21(44)33(40(39,7)16-26(46)41(20,24)8)42(9,54)25(45)12-13-37(2,3)53/h10,14,18,20-21,23-24,27-33,35-36,43-44,47-51,53-54H,11-13,15-17H2,1-9H3/t18-,20+,21+,23+,24-,27-,28+,29+,30-,31+,32+,33-,35-,36+,39-,40+,41-,42-/m0/s1. The Morgan fingerprint density at radius 2 is 1.52 bits per heavy atom. The number of fused-ring (bicyclic) bond motifs is 5. The highest BCUT2D eigenvalue weighted by molar-refractivity contribution is 6.02. The summed E-state index contributed by atoms with van der Waals surface area (Å²) in [6.07, 6.45) is -13.2. The molecular weight excluding hydrogens is 760 g/mol. The Morgan fingerprint density at radius 1 is 0.879 bits per heavy atom.